The van der Waals surface area contributed by atoms with Gasteiger partial charge in [-0.3, -0.25) is 4.57 Å². The number of nitrogens with one attached hydrogen (secondary N) is 1. The number of aromatic nitrogens is 8. The monoisotopic (exact) mass is 1080 g/mol. The Labute approximate surface area is 481 Å². The molecule has 1 N–H and O–H groups in total. The number of hydrogen-bond acceptors (Lipinski definition) is 6. The van der Waals surface area contributed by atoms with Gasteiger partial charge in [0.25, 0.3) is 0 Å². The van der Waals surface area contributed by atoms with E-state index in [0.29, 0.717) is 29.2 Å². The van der Waals surface area contributed by atoms with Crippen molar-refractivity contribution >= 4 is 76.8 Å². The van der Waals surface area contributed by atoms with Gasteiger partial charge in [-0.1, -0.05) is 255 Å². The molecule has 0 fully saturated rings. The van der Waals surface area contributed by atoms with Gasteiger partial charge in [0.05, 0.1) is 16.6 Å². The smallest absolute Gasteiger partial charge is 0.238 e. The lowest BCUT2D eigenvalue weighted by Crippen LogP contribution is -2.06. The number of H-pyrrole nitrogens is 1. The van der Waals surface area contributed by atoms with Crippen LogP contribution in [0.25, 0.3) is 161 Å². The van der Waals surface area contributed by atoms with Gasteiger partial charge in [-0.2, -0.15) is 19.9 Å². The molecule has 0 spiro atoms. The summed E-state index contributed by atoms with van der Waals surface area (Å²) in [5, 5.41) is 10.4. The van der Waals surface area contributed by atoms with Gasteiger partial charge in [0.1, 0.15) is 0 Å². The van der Waals surface area contributed by atoms with E-state index in [1.807, 2.05) is 97.1 Å². The second-order valence-corrected chi connectivity index (χ2v) is 21.1. The number of rotatable bonds is 5. The normalized spacial score (nSPS) is 11.7. The summed E-state index contributed by atoms with van der Waals surface area (Å²) in [5.74, 6) is 3.08. The SMILES string of the molecule is Clc1nc(-c2ccccc2)nc(-c2ccccc2)n1.c1cc2c3c(cccc3c1)-c1c-2ccc2c1[nH]c1ccccc12.c1ccc(-c2nc(-c3ccccc3)nc(-n3c4ccccc4c4ccc5c(c43)-c3cccc4cccc-5c34)n2)cc1. The van der Waals surface area contributed by atoms with Crippen LogP contribution >= 0.6 is 11.6 Å². The van der Waals surface area contributed by atoms with Crippen molar-refractivity contribution in [1.29, 1.82) is 0 Å². The highest BCUT2D eigenvalue weighted by Gasteiger charge is 2.29. The van der Waals surface area contributed by atoms with E-state index in [-0.39, 0.29) is 5.28 Å². The number of hydrogen-bond donors (Lipinski definition) is 1. The minimum atomic E-state index is 0.202. The highest BCUT2D eigenvalue weighted by Crippen LogP contribution is 2.53. The molecule has 0 radical (unpaired) electrons. The Bertz CT molecular complexity index is 5090. The molecule has 0 saturated heterocycles. The molecule has 12 aromatic carbocycles. The number of fused-ring (bicyclic) bond motifs is 14. The van der Waals surface area contributed by atoms with Crippen LogP contribution in [0.1, 0.15) is 0 Å². The second kappa shape index (κ2) is 19.7. The molecule has 0 unspecified atom stereocenters. The third kappa shape index (κ3) is 8.06. The maximum absolute atomic E-state index is 5.99. The van der Waals surface area contributed by atoms with Crippen LogP contribution in [0, 0.1) is 0 Å². The van der Waals surface area contributed by atoms with Gasteiger partial charge in [-0.25, -0.2) is 9.97 Å². The van der Waals surface area contributed by atoms with Crippen LogP contribution in [0.15, 0.2) is 267 Å². The summed E-state index contributed by atoms with van der Waals surface area (Å²) < 4.78 is 2.24. The molecule has 8 nitrogen and oxygen atoms in total. The van der Waals surface area contributed by atoms with Crippen molar-refractivity contribution < 1.29 is 0 Å². The molecular weight excluding hydrogens is 1040 g/mol. The first-order chi connectivity index (χ1) is 41.1. The Morgan fingerprint density at radius 1 is 0.301 bits per heavy atom. The van der Waals surface area contributed by atoms with E-state index in [9.17, 15) is 0 Å². The van der Waals surface area contributed by atoms with Gasteiger partial charge < -0.3 is 4.98 Å². The molecule has 0 amide bonds. The minimum absolute atomic E-state index is 0.202. The largest absolute Gasteiger partial charge is 0.354 e. The van der Waals surface area contributed by atoms with Crippen molar-refractivity contribution in [2.45, 2.75) is 0 Å². The Morgan fingerprint density at radius 2 is 0.723 bits per heavy atom. The molecule has 0 saturated carbocycles. The van der Waals surface area contributed by atoms with Crippen LogP contribution in [-0.2, 0) is 0 Å². The average Bonchev–Trinajstić information content (AvgIpc) is 3.88. The zero-order valence-electron chi connectivity index (χ0n) is 44.4. The molecular formula is C74H45ClN8. The summed E-state index contributed by atoms with van der Waals surface area (Å²) in [5.41, 5.74) is 18.8. The first kappa shape index (κ1) is 48.0. The van der Waals surface area contributed by atoms with E-state index >= 15 is 0 Å². The first-order valence-corrected chi connectivity index (χ1v) is 28.0. The first-order valence-electron chi connectivity index (χ1n) is 27.6. The lowest BCUT2D eigenvalue weighted by atomic mass is 10.0. The van der Waals surface area contributed by atoms with Gasteiger partial charge in [0.15, 0.2) is 23.3 Å². The van der Waals surface area contributed by atoms with Crippen LogP contribution in [-0.4, -0.2) is 39.5 Å². The number of halogens is 1. The molecule has 0 aliphatic heterocycles. The van der Waals surface area contributed by atoms with Crippen LogP contribution in [0.2, 0.25) is 5.28 Å². The van der Waals surface area contributed by atoms with Gasteiger partial charge in [0, 0.05) is 60.4 Å². The van der Waals surface area contributed by atoms with Crippen molar-refractivity contribution in [3.63, 3.8) is 0 Å². The third-order valence-electron chi connectivity index (χ3n) is 16.0. The molecule has 4 heterocycles. The fourth-order valence-corrected chi connectivity index (χ4v) is 12.6. The summed E-state index contributed by atoms with van der Waals surface area (Å²) in [7, 11) is 0. The molecule has 4 aromatic heterocycles. The van der Waals surface area contributed by atoms with E-state index in [1.54, 1.807) is 0 Å². The molecule has 0 bridgehead atoms. The standard InChI is InChI=1S/C37H22N4.C22H13N.C15H10ClN3/c1-3-11-24(12-4-1)35-38-36(25-13-5-2-6-14-25)40-37(39-35)41-31-20-8-7-17-26(31)29-22-21-28-27-18-9-15-23-16-10-19-30(32(23)27)33(28)34(29)41;1-2-10-19-14(7-1)17-12-11-16-15-8-3-5-13-6-4-9-18(20(13)15)21(16)22(17)23-19;16-15-18-13(11-7-3-1-4-8-11)17-14(19-15)12-9-5-2-6-10-12/h1-22H;1-12,23H;1-10H. The quantitative estimate of drug-likeness (QED) is 0.184. The lowest BCUT2D eigenvalue weighted by molar-refractivity contribution is 0.954. The Balaban J connectivity index is 0.000000113. The number of benzene rings is 12. The van der Waals surface area contributed by atoms with E-state index in [2.05, 4.69) is 194 Å². The summed E-state index contributed by atoms with van der Waals surface area (Å²) in [6.45, 7) is 0. The summed E-state index contributed by atoms with van der Waals surface area (Å²) >= 11 is 5.99. The van der Waals surface area contributed by atoms with E-state index < -0.39 is 0 Å². The van der Waals surface area contributed by atoms with Crippen molar-refractivity contribution in [2.24, 2.45) is 0 Å². The van der Waals surface area contributed by atoms with Crippen LogP contribution in [0.3, 0.4) is 0 Å². The van der Waals surface area contributed by atoms with Crippen LogP contribution < -0.4 is 0 Å². The fourth-order valence-electron chi connectivity index (χ4n) is 12.4. The molecule has 83 heavy (non-hydrogen) atoms. The second-order valence-electron chi connectivity index (χ2n) is 20.7. The van der Waals surface area contributed by atoms with Crippen molar-refractivity contribution in [2.75, 3.05) is 0 Å². The van der Waals surface area contributed by atoms with Crippen molar-refractivity contribution in [3.05, 3.63) is 272 Å². The number of aromatic amines is 1. The molecule has 388 valence electrons. The lowest BCUT2D eigenvalue weighted by Gasteiger charge is -2.13. The molecule has 9 heteroatoms. The summed E-state index contributed by atoms with van der Waals surface area (Å²) in [6.07, 6.45) is 0. The molecule has 18 rings (SSSR count). The van der Waals surface area contributed by atoms with Crippen LogP contribution in [0.4, 0.5) is 0 Å². The zero-order chi connectivity index (χ0) is 55.0. The topological polar surface area (TPSA) is 98.1 Å². The number of para-hydroxylation sites is 2. The third-order valence-corrected chi connectivity index (χ3v) is 16.2. The Morgan fingerprint density at radius 3 is 1.25 bits per heavy atom. The Kier molecular flexibility index (Phi) is 11.4. The number of nitrogens with zero attached hydrogens (tertiary/aromatic N) is 7. The van der Waals surface area contributed by atoms with Gasteiger partial charge in [-0.05, 0) is 78.7 Å². The summed E-state index contributed by atoms with van der Waals surface area (Å²) in [4.78, 5) is 31.7. The predicted octanol–water partition coefficient (Wildman–Crippen LogP) is 19.1. The van der Waals surface area contributed by atoms with Gasteiger partial charge in [-0.15, -0.1) is 0 Å². The Hall–Kier alpha value is -10.9. The van der Waals surface area contributed by atoms with Crippen molar-refractivity contribution in [1.82, 2.24) is 39.5 Å². The maximum Gasteiger partial charge on any atom is 0.238 e. The molecule has 2 aliphatic rings. The maximum atomic E-state index is 5.99. The van der Waals surface area contributed by atoms with Gasteiger partial charge in [0.2, 0.25) is 11.2 Å². The fraction of sp³-hybridized carbons (Fsp3) is 0. The van der Waals surface area contributed by atoms with Gasteiger partial charge >= 0.3 is 0 Å². The summed E-state index contributed by atoms with van der Waals surface area (Å²) in [6, 6.07) is 92.4. The van der Waals surface area contributed by atoms with E-state index in [1.165, 1.54) is 98.6 Å². The van der Waals surface area contributed by atoms with E-state index in [4.69, 9.17) is 26.6 Å². The zero-order valence-corrected chi connectivity index (χ0v) is 45.2. The minimum Gasteiger partial charge on any atom is -0.354 e. The highest BCUT2D eigenvalue weighted by molar-refractivity contribution is 6.28. The van der Waals surface area contributed by atoms with Crippen LogP contribution in [0.5, 0.6) is 0 Å². The average molecular weight is 1080 g/mol. The molecule has 0 atom stereocenters. The molecule has 16 aromatic rings. The predicted molar refractivity (Wildman–Crippen MR) is 340 cm³/mol. The van der Waals surface area contributed by atoms with Crippen molar-refractivity contribution in [3.8, 4) is 96.0 Å². The molecule has 2 aliphatic carbocycles. The highest BCUT2D eigenvalue weighted by atomic mass is 35.5. The van der Waals surface area contributed by atoms with E-state index in [0.717, 1.165) is 33.3 Å².